The average molecular weight is 353 g/mol. The highest BCUT2D eigenvalue weighted by atomic mass is 32.2. The first-order chi connectivity index (χ1) is 11.3. The van der Waals surface area contributed by atoms with Crippen molar-refractivity contribution in [1.29, 1.82) is 0 Å². The summed E-state index contributed by atoms with van der Waals surface area (Å²) in [7, 11) is -3.36. The van der Waals surface area contributed by atoms with Gasteiger partial charge in [-0.3, -0.25) is 4.79 Å². The molecule has 0 aliphatic carbocycles. The Morgan fingerprint density at radius 2 is 1.96 bits per heavy atom. The van der Waals surface area contributed by atoms with Gasteiger partial charge in [-0.25, -0.2) is 8.42 Å². The number of rotatable bonds is 6. The molecule has 1 N–H and O–H groups in total. The number of hydrogen-bond donors (Lipinski definition) is 1. The second-order valence-electron chi connectivity index (χ2n) is 6.85. The van der Waals surface area contributed by atoms with Gasteiger partial charge in [0, 0.05) is 19.6 Å². The summed E-state index contributed by atoms with van der Waals surface area (Å²) in [5, 5.41) is 3.30. The van der Waals surface area contributed by atoms with Crippen molar-refractivity contribution in [3.05, 3.63) is 35.4 Å². The van der Waals surface area contributed by atoms with E-state index in [-0.39, 0.29) is 23.6 Å². The van der Waals surface area contributed by atoms with Gasteiger partial charge >= 0.3 is 0 Å². The van der Waals surface area contributed by atoms with Crippen LogP contribution in [0.25, 0.3) is 0 Å². The van der Waals surface area contributed by atoms with Crippen LogP contribution < -0.4 is 5.32 Å². The minimum atomic E-state index is -3.36. The summed E-state index contributed by atoms with van der Waals surface area (Å²) in [6.45, 7) is 7.69. The van der Waals surface area contributed by atoms with Gasteiger partial charge in [0.25, 0.3) is 0 Å². The molecule has 1 unspecified atom stereocenters. The second-order valence-corrected chi connectivity index (χ2v) is 8.96. The number of sulfone groups is 1. The number of piperazine rings is 1. The van der Waals surface area contributed by atoms with Gasteiger partial charge in [-0.15, -0.1) is 0 Å². The monoisotopic (exact) mass is 352 g/mol. The molecule has 1 fully saturated rings. The molecule has 134 valence electrons. The smallest absolute Gasteiger partial charge is 0.238 e. The van der Waals surface area contributed by atoms with Gasteiger partial charge in [-0.1, -0.05) is 45.0 Å². The molecule has 1 aliphatic heterocycles. The van der Waals surface area contributed by atoms with E-state index in [0.717, 1.165) is 12.0 Å². The van der Waals surface area contributed by atoms with E-state index in [1.165, 1.54) is 5.56 Å². The van der Waals surface area contributed by atoms with Crippen LogP contribution in [0.4, 0.5) is 0 Å². The van der Waals surface area contributed by atoms with Crippen LogP contribution in [0.2, 0.25) is 0 Å². The maximum Gasteiger partial charge on any atom is 0.238 e. The molecule has 6 heteroatoms. The van der Waals surface area contributed by atoms with Crippen molar-refractivity contribution in [2.45, 2.75) is 33.2 Å². The number of amides is 1. The predicted molar refractivity (Wildman–Crippen MR) is 96.6 cm³/mol. The quantitative estimate of drug-likeness (QED) is 0.848. The predicted octanol–water partition coefficient (Wildman–Crippen LogP) is 1.79. The molecule has 1 aliphatic rings. The van der Waals surface area contributed by atoms with Crippen molar-refractivity contribution in [3.63, 3.8) is 0 Å². The molecule has 1 saturated heterocycles. The Bertz CT molecular complexity index is 653. The highest BCUT2D eigenvalue weighted by molar-refractivity contribution is 7.92. The SMILES string of the molecule is CCc1ccc(C2CNCCN2C(=O)CS(=O)(=O)CC(C)C)cc1. The Morgan fingerprint density at radius 3 is 2.54 bits per heavy atom. The lowest BCUT2D eigenvalue weighted by atomic mass is 10.0. The zero-order valence-corrected chi connectivity index (χ0v) is 15.6. The summed E-state index contributed by atoms with van der Waals surface area (Å²) in [6, 6.07) is 8.12. The fourth-order valence-electron chi connectivity index (χ4n) is 3.11. The lowest BCUT2D eigenvalue weighted by Gasteiger charge is -2.36. The summed E-state index contributed by atoms with van der Waals surface area (Å²) in [6.07, 6.45) is 0.972. The third-order valence-corrected chi connectivity index (χ3v) is 6.13. The van der Waals surface area contributed by atoms with Crippen LogP contribution in [0.15, 0.2) is 24.3 Å². The van der Waals surface area contributed by atoms with Crippen molar-refractivity contribution in [2.75, 3.05) is 31.1 Å². The van der Waals surface area contributed by atoms with Crippen LogP contribution >= 0.6 is 0 Å². The van der Waals surface area contributed by atoms with Crippen molar-refractivity contribution in [2.24, 2.45) is 5.92 Å². The Morgan fingerprint density at radius 1 is 1.29 bits per heavy atom. The molecule has 1 heterocycles. The highest BCUT2D eigenvalue weighted by Gasteiger charge is 2.30. The molecule has 0 saturated carbocycles. The molecule has 1 atom stereocenters. The van der Waals surface area contributed by atoms with Crippen LogP contribution in [0, 0.1) is 5.92 Å². The maximum atomic E-state index is 12.6. The molecule has 1 amide bonds. The minimum Gasteiger partial charge on any atom is -0.332 e. The van der Waals surface area contributed by atoms with Gasteiger partial charge < -0.3 is 10.2 Å². The van der Waals surface area contributed by atoms with E-state index in [0.29, 0.717) is 19.6 Å². The first-order valence-electron chi connectivity index (χ1n) is 8.62. The Balaban J connectivity index is 2.14. The van der Waals surface area contributed by atoms with E-state index < -0.39 is 15.6 Å². The molecule has 2 rings (SSSR count). The molecule has 0 aromatic heterocycles. The molecule has 1 aromatic carbocycles. The van der Waals surface area contributed by atoms with E-state index >= 15 is 0 Å². The van der Waals surface area contributed by atoms with Crippen molar-refractivity contribution in [3.8, 4) is 0 Å². The molecule has 1 aromatic rings. The Kier molecular flexibility index (Phi) is 6.40. The number of aryl methyl sites for hydroxylation is 1. The van der Waals surface area contributed by atoms with Gasteiger partial charge in [0.1, 0.15) is 5.75 Å². The van der Waals surface area contributed by atoms with Crippen LogP contribution in [0.3, 0.4) is 0 Å². The lowest BCUT2D eigenvalue weighted by molar-refractivity contribution is -0.131. The summed E-state index contributed by atoms with van der Waals surface area (Å²) in [4.78, 5) is 14.3. The van der Waals surface area contributed by atoms with Crippen molar-refractivity contribution >= 4 is 15.7 Å². The number of nitrogens with zero attached hydrogens (tertiary/aromatic N) is 1. The third-order valence-electron chi connectivity index (χ3n) is 4.27. The summed E-state index contributed by atoms with van der Waals surface area (Å²) in [5.41, 5.74) is 2.30. The van der Waals surface area contributed by atoms with Crippen LogP contribution in [-0.4, -0.2) is 50.4 Å². The molecule has 5 nitrogen and oxygen atoms in total. The molecule has 0 radical (unpaired) electrons. The summed E-state index contributed by atoms with van der Waals surface area (Å²) < 4.78 is 24.3. The zero-order chi connectivity index (χ0) is 17.7. The van der Waals surface area contributed by atoms with Crippen LogP contribution in [-0.2, 0) is 21.1 Å². The lowest BCUT2D eigenvalue weighted by Crippen LogP contribution is -2.50. The van der Waals surface area contributed by atoms with Gasteiger partial charge in [0.15, 0.2) is 9.84 Å². The number of nitrogens with one attached hydrogen (secondary N) is 1. The average Bonchev–Trinajstić information content (AvgIpc) is 2.53. The van der Waals surface area contributed by atoms with Gasteiger partial charge in [0.2, 0.25) is 5.91 Å². The largest absolute Gasteiger partial charge is 0.332 e. The standard InChI is InChI=1S/C18H28N2O3S/c1-4-15-5-7-16(8-6-15)17-11-19-9-10-20(17)18(21)13-24(22,23)12-14(2)3/h5-8,14,17,19H,4,9-13H2,1-3H3. The molecular weight excluding hydrogens is 324 g/mol. The number of hydrogen-bond acceptors (Lipinski definition) is 4. The van der Waals surface area contributed by atoms with Gasteiger partial charge in [-0.05, 0) is 23.5 Å². The van der Waals surface area contributed by atoms with Crippen LogP contribution in [0.5, 0.6) is 0 Å². The first kappa shape index (κ1) is 18.9. The molecule has 0 bridgehead atoms. The molecule has 0 spiro atoms. The highest BCUT2D eigenvalue weighted by Crippen LogP contribution is 2.23. The molecular formula is C18H28N2O3S. The van der Waals surface area contributed by atoms with E-state index in [9.17, 15) is 13.2 Å². The molecule has 24 heavy (non-hydrogen) atoms. The van der Waals surface area contributed by atoms with E-state index in [4.69, 9.17) is 0 Å². The number of benzene rings is 1. The number of carbonyl (C=O) groups is 1. The second kappa shape index (κ2) is 8.12. The fourth-order valence-corrected chi connectivity index (χ4v) is 4.79. The first-order valence-corrected chi connectivity index (χ1v) is 10.4. The van der Waals surface area contributed by atoms with Crippen molar-refractivity contribution in [1.82, 2.24) is 10.2 Å². The van der Waals surface area contributed by atoms with Crippen molar-refractivity contribution < 1.29 is 13.2 Å². The van der Waals surface area contributed by atoms with Gasteiger partial charge in [-0.2, -0.15) is 0 Å². The summed E-state index contributed by atoms with van der Waals surface area (Å²) >= 11 is 0. The fraction of sp³-hybridized carbons (Fsp3) is 0.611. The van der Waals surface area contributed by atoms with E-state index in [1.807, 2.05) is 26.0 Å². The van der Waals surface area contributed by atoms with Gasteiger partial charge in [0.05, 0.1) is 11.8 Å². The Labute approximate surface area is 145 Å². The van der Waals surface area contributed by atoms with E-state index in [1.54, 1.807) is 4.90 Å². The minimum absolute atomic E-state index is 0.0307. The topological polar surface area (TPSA) is 66.5 Å². The maximum absolute atomic E-state index is 12.6. The Hall–Kier alpha value is -1.40. The normalized spacial score (nSPS) is 18.8. The number of carbonyl (C=O) groups excluding carboxylic acids is 1. The summed E-state index contributed by atoms with van der Waals surface area (Å²) in [5.74, 6) is -0.597. The third kappa shape index (κ3) is 5.05. The van der Waals surface area contributed by atoms with E-state index in [2.05, 4.69) is 24.4 Å². The zero-order valence-electron chi connectivity index (χ0n) is 14.8. The van der Waals surface area contributed by atoms with Crippen LogP contribution in [0.1, 0.15) is 37.9 Å².